The third-order valence-electron chi connectivity index (χ3n) is 6.69. The van der Waals surface area contributed by atoms with E-state index in [9.17, 15) is 27.9 Å². The monoisotopic (exact) mass is 566 g/mol. The molecule has 0 aliphatic carbocycles. The third kappa shape index (κ3) is 6.26. The number of rotatable bonds is 8. The number of likely N-dealkylation sites (tertiary alicyclic amines) is 1. The Kier molecular flexibility index (Phi) is 8.58. The molecule has 0 radical (unpaired) electrons. The van der Waals surface area contributed by atoms with Crippen LogP contribution >= 0.6 is 11.6 Å². The molecule has 206 valence electrons. The van der Waals surface area contributed by atoms with Gasteiger partial charge in [-0.3, -0.25) is 14.4 Å². The van der Waals surface area contributed by atoms with E-state index in [1.807, 2.05) is 0 Å². The van der Waals surface area contributed by atoms with E-state index in [2.05, 4.69) is 10.0 Å². The number of aliphatic hydroxyl groups is 1. The van der Waals surface area contributed by atoms with Crippen molar-refractivity contribution in [3.05, 3.63) is 41.4 Å². The number of morpholine rings is 1. The molecule has 2 fully saturated rings. The van der Waals surface area contributed by atoms with Crippen LogP contribution in [0.2, 0.25) is 5.02 Å². The maximum absolute atomic E-state index is 13.2. The molecule has 2 aliphatic rings. The third-order valence-corrected chi connectivity index (χ3v) is 8.39. The summed E-state index contributed by atoms with van der Waals surface area (Å²) in [5.41, 5.74) is 0. The summed E-state index contributed by atoms with van der Waals surface area (Å²) in [6, 6.07) is 7.90. The summed E-state index contributed by atoms with van der Waals surface area (Å²) in [4.78, 5) is 41.5. The van der Waals surface area contributed by atoms with Gasteiger partial charge >= 0.3 is 0 Å². The van der Waals surface area contributed by atoms with E-state index < -0.39 is 46.1 Å². The first kappa shape index (κ1) is 28.2. The van der Waals surface area contributed by atoms with Crippen LogP contribution in [0.1, 0.15) is 20.3 Å². The predicted molar refractivity (Wildman–Crippen MR) is 140 cm³/mol. The first-order valence-corrected chi connectivity index (χ1v) is 14.2. The second-order valence-electron chi connectivity index (χ2n) is 9.56. The van der Waals surface area contributed by atoms with E-state index in [-0.39, 0.29) is 50.0 Å². The van der Waals surface area contributed by atoms with Crippen molar-refractivity contribution < 1.29 is 32.6 Å². The zero-order chi connectivity index (χ0) is 27.6. The fraction of sp³-hybridized carbons (Fsp3) is 0.480. The first-order valence-electron chi connectivity index (χ1n) is 12.3. The van der Waals surface area contributed by atoms with E-state index in [0.717, 1.165) is 5.39 Å². The van der Waals surface area contributed by atoms with Crippen molar-refractivity contribution >= 4 is 50.1 Å². The van der Waals surface area contributed by atoms with Crippen LogP contribution in [0.5, 0.6) is 0 Å². The van der Waals surface area contributed by atoms with Crippen molar-refractivity contribution in [2.45, 2.75) is 49.5 Å². The molecule has 2 aromatic carbocycles. The van der Waals surface area contributed by atoms with Gasteiger partial charge in [0.1, 0.15) is 12.1 Å². The number of carbonyl (C=O) groups excluding carboxylic acids is 3. The maximum atomic E-state index is 13.2. The van der Waals surface area contributed by atoms with Gasteiger partial charge in [0.25, 0.3) is 5.91 Å². The Morgan fingerprint density at radius 1 is 1.16 bits per heavy atom. The standard InChI is InChI=1S/C25H31ClN4O7S/c1-15(31)13-27-23(32)22-14-29(9-10-37-22)24(33)16(2)30-8-7-21(25(30)34)28-38(35,36)20-6-4-17-11-19(26)5-3-18(17)12-20/h3-6,11-12,15-16,21-22,28,31H,7-10,13-14H2,1-2H3,(H,27,32). The van der Waals surface area contributed by atoms with Crippen molar-refractivity contribution in [3.63, 3.8) is 0 Å². The highest BCUT2D eigenvalue weighted by atomic mass is 35.5. The van der Waals surface area contributed by atoms with Crippen LogP contribution in [0.4, 0.5) is 0 Å². The fourth-order valence-corrected chi connectivity index (χ4v) is 6.02. The molecule has 11 nitrogen and oxygen atoms in total. The highest BCUT2D eigenvalue weighted by molar-refractivity contribution is 7.89. The van der Waals surface area contributed by atoms with Gasteiger partial charge in [-0.15, -0.1) is 0 Å². The molecule has 0 aromatic heterocycles. The Morgan fingerprint density at radius 2 is 1.87 bits per heavy atom. The van der Waals surface area contributed by atoms with E-state index >= 15 is 0 Å². The summed E-state index contributed by atoms with van der Waals surface area (Å²) >= 11 is 6.00. The van der Waals surface area contributed by atoms with Crippen LogP contribution in [-0.4, -0.2) is 98.1 Å². The number of hydrogen-bond donors (Lipinski definition) is 3. The fourth-order valence-electron chi connectivity index (χ4n) is 4.58. The lowest BCUT2D eigenvalue weighted by atomic mass is 10.1. The summed E-state index contributed by atoms with van der Waals surface area (Å²) in [6.07, 6.45) is -1.38. The maximum Gasteiger partial charge on any atom is 0.251 e. The van der Waals surface area contributed by atoms with Gasteiger partial charge < -0.3 is 25.0 Å². The zero-order valence-corrected chi connectivity index (χ0v) is 22.7. The number of nitrogens with zero attached hydrogens (tertiary/aromatic N) is 2. The number of nitrogens with one attached hydrogen (secondary N) is 2. The highest BCUT2D eigenvalue weighted by Crippen LogP contribution is 2.24. The largest absolute Gasteiger partial charge is 0.392 e. The molecule has 0 saturated carbocycles. The zero-order valence-electron chi connectivity index (χ0n) is 21.1. The Bertz CT molecular complexity index is 1340. The molecule has 3 amide bonds. The summed E-state index contributed by atoms with van der Waals surface area (Å²) in [5, 5.41) is 14.0. The van der Waals surface area contributed by atoms with Gasteiger partial charge in [-0.25, -0.2) is 8.42 Å². The van der Waals surface area contributed by atoms with Gasteiger partial charge in [0, 0.05) is 24.7 Å². The molecule has 4 unspecified atom stereocenters. The lowest BCUT2D eigenvalue weighted by Gasteiger charge is -2.35. The molecule has 2 saturated heterocycles. The highest BCUT2D eigenvalue weighted by Gasteiger charge is 2.41. The van der Waals surface area contributed by atoms with Gasteiger partial charge in [0.2, 0.25) is 21.8 Å². The lowest BCUT2D eigenvalue weighted by molar-refractivity contribution is -0.153. The van der Waals surface area contributed by atoms with Crippen molar-refractivity contribution in [2.75, 3.05) is 32.8 Å². The van der Waals surface area contributed by atoms with Crippen LogP contribution in [0.15, 0.2) is 41.3 Å². The number of halogens is 1. The smallest absolute Gasteiger partial charge is 0.251 e. The van der Waals surface area contributed by atoms with E-state index in [1.54, 1.807) is 31.2 Å². The van der Waals surface area contributed by atoms with Gasteiger partial charge in [-0.2, -0.15) is 4.72 Å². The molecule has 2 aliphatic heterocycles. The van der Waals surface area contributed by atoms with E-state index in [0.29, 0.717) is 10.4 Å². The summed E-state index contributed by atoms with van der Waals surface area (Å²) in [7, 11) is -4.00. The van der Waals surface area contributed by atoms with E-state index in [1.165, 1.54) is 28.9 Å². The summed E-state index contributed by atoms with van der Waals surface area (Å²) < 4.78 is 34.1. The Labute approximate surface area is 226 Å². The minimum absolute atomic E-state index is 0.0140. The van der Waals surface area contributed by atoms with Crippen LogP contribution < -0.4 is 10.0 Å². The molecule has 2 heterocycles. The van der Waals surface area contributed by atoms with Gasteiger partial charge in [0.15, 0.2) is 6.10 Å². The van der Waals surface area contributed by atoms with Crippen LogP contribution in [0, 0.1) is 0 Å². The number of aliphatic hydroxyl groups excluding tert-OH is 1. The van der Waals surface area contributed by atoms with Crippen molar-refractivity contribution in [3.8, 4) is 0 Å². The van der Waals surface area contributed by atoms with Gasteiger partial charge in [-0.05, 0) is 55.3 Å². The Morgan fingerprint density at radius 3 is 2.61 bits per heavy atom. The second-order valence-corrected chi connectivity index (χ2v) is 11.7. The SMILES string of the molecule is CC(O)CNC(=O)C1CN(C(=O)C(C)N2CCC(NS(=O)(=O)c3ccc4cc(Cl)ccc4c3)C2=O)CCO1. The minimum atomic E-state index is -4.00. The normalized spacial score (nSPS) is 21.9. The Balaban J connectivity index is 1.38. The molecular formula is C25H31ClN4O7S. The number of benzene rings is 2. The molecule has 0 bridgehead atoms. The molecule has 3 N–H and O–H groups in total. The number of sulfonamides is 1. The molecule has 4 rings (SSSR count). The van der Waals surface area contributed by atoms with Crippen molar-refractivity contribution in [1.82, 2.24) is 19.8 Å². The molecule has 2 aromatic rings. The number of carbonyl (C=O) groups is 3. The quantitative estimate of drug-likeness (QED) is 0.421. The summed E-state index contributed by atoms with van der Waals surface area (Å²) in [6.45, 7) is 3.82. The summed E-state index contributed by atoms with van der Waals surface area (Å²) in [5.74, 6) is -1.27. The van der Waals surface area contributed by atoms with Crippen molar-refractivity contribution in [1.29, 1.82) is 0 Å². The number of fused-ring (bicyclic) bond motifs is 1. The Hall–Kier alpha value is -2.77. The average molecular weight is 567 g/mol. The number of ether oxygens (including phenoxy) is 1. The van der Waals surface area contributed by atoms with Gasteiger partial charge in [-0.1, -0.05) is 23.7 Å². The lowest BCUT2D eigenvalue weighted by Crippen LogP contribution is -2.56. The molecule has 0 spiro atoms. The van der Waals surface area contributed by atoms with Crippen LogP contribution in [-0.2, 0) is 29.1 Å². The molecule has 4 atom stereocenters. The molecular weight excluding hydrogens is 536 g/mol. The minimum Gasteiger partial charge on any atom is -0.392 e. The average Bonchev–Trinajstić information content (AvgIpc) is 3.24. The van der Waals surface area contributed by atoms with Gasteiger partial charge in [0.05, 0.1) is 24.2 Å². The topological polar surface area (TPSA) is 145 Å². The molecule has 13 heteroatoms. The molecule has 38 heavy (non-hydrogen) atoms. The second kappa shape index (κ2) is 11.5. The van der Waals surface area contributed by atoms with Crippen LogP contribution in [0.25, 0.3) is 10.8 Å². The van der Waals surface area contributed by atoms with Crippen LogP contribution in [0.3, 0.4) is 0 Å². The first-order chi connectivity index (χ1) is 18.0. The number of hydrogen-bond acceptors (Lipinski definition) is 7. The number of amides is 3. The van der Waals surface area contributed by atoms with E-state index in [4.69, 9.17) is 16.3 Å². The van der Waals surface area contributed by atoms with Crippen molar-refractivity contribution in [2.24, 2.45) is 0 Å². The predicted octanol–water partition coefficient (Wildman–Crippen LogP) is 0.485.